The lowest BCUT2D eigenvalue weighted by molar-refractivity contribution is -0.140. The van der Waals surface area contributed by atoms with E-state index in [2.05, 4.69) is 15.0 Å². The maximum Gasteiger partial charge on any atom is 0.305 e. The van der Waals surface area contributed by atoms with Gasteiger partial charge in [-0.3, -0.25) is 9.59 Å². The average molecular weight is 270 g/mol. The third-order valence-electron chi connectivity index (χ3n) is 2.32. The predicted octanol–water partition coefficient (Wildman–Crippen LogP) is 2.38. The lowest BCUT2D eigenvalue weighted by Crippen LogP contribution is -2.10. The predicted molar refractivity (Wildman–Crippen MR) is 70.6 cm³/mol. The van der Waals surface area contributed by atoms with Gasteiger partial charge >= 0.3 is 5.97 Å². The van der Waals surface area contributed by atoms with Crippen LogP contribution in [0.3, 0.4) is 0 Å². The summed E-state index contributed by atoms with van der Waals surface area (Å²) in [6, 6.07) is 0. The number of hydrogen-bond acceptors (Lipinski definition) is 5. The van der Waals surface area contributed by atoms with Gasteiger partial charge in [-0.15, -0.1) is 11.3 Å². The first-order valence-corrected chi connectivity index (χ1v) is 6.84. The summed E-state index contributed by atoms with van der Waals surface area (Å²) in [6.45, 7) is 1.96. The first-order valence-electron chi connectivity index (χ1n) is 5.96. The minimum Gasteiger partial charge on any atom is -0.469 e. The van der Waals surface area contributed by atoms with Gasteiger partial charge in [0.15, 0.2) is 5.13 Å². The summed E-state index contributed by atoms with van der Waals surface area (Å²) < 4.78 is 4.56. The first kappa shape index (κ1) is 14.6. The molecular weight excluding hydrogens is 252 g/mol. The lowest BCUT2D eigenvalue weighted by atomic mass is 10.2. The van der Waals surface area contributed by atoms with E-state index in [4.69, 9.17) is 0 Å². The van der Waals surface area contributed by atoms with Gasteiger partial charge in [0.2, 0.25) is 5.91 Å². The largest absolute Gasteiger partial charge is 0.469 e. The Kier molecular flexibility index (Phi) is 6.35. The van der Waals surface area contributed by atoms with Gasteiger partial charge < -0.3 is 10.1 Å². The maximum absolute atomic E-state index is 11.4. The number of hydrogen-bond donors (Lipinski definition) is 1. The number of anilines is 1. The van der Waals surface area contributed by atoms with Crippen molar-refractivity contribution >= 4 is 28.3 Å². The number of amides is 1. The van der Waals surface area contributed by atoms with E-state index in [9.17, 15) is 9.59 Å². The van der Waals surface area contributed by atoms with Gasteiger partial charge in [-0.05, 0) is 19.3 Å². The van der Waals surface area contributed by atoms with Crippen molar-refractivity contribution in [3.8, 4) is 0 Å². The van der Waals surface area contributed by atoms with E-state index < -0.39 is 0 Å². The zero-order valence-corrected chi connectivity index (χ0v) is 11.5. The fraction of sp³-hybridized carbons (Fsp3) is 0.583. The highest BCUT2D eigenvalue weighted by molar-refractivity contribution is 7.13. The Bertz CT molecular complexity index is 404. The summed E-state index contributed by atoms with van der Waals surface area (Å²) in [5.41, 5.74) is 0.899. The third kappa shape index (κ3) is 5.27. The highest BCUT2D eigenvalue weighted by atomic mass is 32.1. The fourth-order valence-electron chi connectivity index (χ4n) is 1.40. The Morgan fingerprint density at radius 2 is 2.22 bits per heavy atom. The van der Waals surface area contributed by atoms with Gasteiger partial charge in [0.25, 0.3) is 0 Å². The van der Waals surface area contributed by atoms with Gasteiger partial charge in [-0.1, -0.05) is 6.92 Å². The Morgan fingerprint density at radius 1 is 1.44 bits per heavy atom. The molecule has 0 spiro atoms. The van der Waals surface area contributed by atoms with E-state index in [1.54, 1.807) is 0 Å². The highest BCUT2D eigenvalue weighted by Crippen LogP contribution is 2.17. The number of carbonyl (C=O) groups is 2. The quantitative estimate of drug-likeness (QED) is 0.772. The van der Waals surface area contributed by atoms with Gasteiger partial charge in [-0.2, -0.15) is 0 Å². The van der Waals surface area contributed by atoms with E-state index in [-0.39, 0.29) is 11.9 Å². The number of nitrogens with zero attached hydrogens (tertiary/aromatic N) is 1. The van der Waals surface area contributed by atoms with Crippen molar-refractivity contribution in [3.63, 3.8) is 0 Å². The van der Waals surface area contributed by atoms with Crippen LogP contribution in [0.25, 0.3) is 0 Å². The van der Waals surface area contributed by atoms with Crippen molar-refractivity contribution in [1.82, 2.24) is 4.98 Å². The smallest absolute Gasteiger partial charge is 0.305 e. The molecule has 0 aliphatic heterocycles. The van der Waals surface area contributed by atoms with Crippen LogP contribution in [0.15, 0.2) is 5.38 Å². The fourth-order valence-corrected chi connectivity index (χ4v) is 2.16. The molecule has 18 heavy (non-hydrogen) atoms. The zero-order valence-electron chi connectivity index (χ0n) is 10.7. The minimum atomic E-state index is -0.207. The SMILES string of the molecule is CCCC(=O)Nc1nc(CCCC(=O)OC)cs1. The Labute approximate surface area is 111 Å². The number of esters is 1. The third-order valence-corrected chi connectivity index (χ3v) is 3.12. The molecule has 0 aliphatic carbocycles. The van der Waals surface area contributed by atoms with Gasteiger partial charge in [0.05, 0.1) is 12.8 Å². The van der Waals surface area contributed by atoms with Crippen LogP contribution in [-0.4, -0.2) is 24.0 Å². The van der Waals surface area contributed by atoms with Gasteiger partial charge in [0, 0.05) is 18.2 Å². The molecule has 1 N–H and O–H groups in total. The first-order chi connectivity index (χ1) is 8.65. The van der Waals surface area contributed by atoms with Crippen molar-refractivity contribution in [2.24, 2.45) is 0 Å². The Balaban J connectivity index is 2.34. The molecule has 0 atom stereocenters. The second-order valence-corrected chi connectivity index (χ2v) is 4.73. The number of aryl methyl sites for hydroxylation is 1. The number of carbonyl (C=O) groups excluding carboxylic acids is 2. The molecule has 1 aromatic heterocycles. The normalized spacial score (nSPS) is 10.1. The van der Waals surface area contributed by atoms with Crippen LogP contribution in [-0.2, 0) is 20.7 Å². The van der Waals surface area contributed by atoms with Crippen LogP contribution in [0.5, 0.6) is 0 Å². The standard InChI is InChI=1S/C12H18N2O3S/c1-3-5-10(15)14-12-13-9(8-18-12)6-4-7-11(16)17-2/h8H,3-7H2,1-2H3,(H,13,14,15). The summed E-state index contributed by atoms with van der Waals surface area (Å²) >= 11 is 1.41. The molecule has 0 radical (unpaired) electrons. The monoisotopic (exact) mass is 270 g/mol. The molecule has 1 heterocycles. The van der Waals surface area contributed by atoms with Crippen LogP contribution in [0.1, 0.15) is 38.3 Å². The lowest BCUT2D eigenvalue weighted by Gasteiger charge is -1.99. The van der Waals surface area contributed by atoms with E-state index in [0.29, 0.717) is 24.4 Å². The number of nitrogens with one attached hydrogen (secondary N) is 1. The number of rotatable bonds is 7. The van der Waals surface area contributed by atoms with Crippen LogP contribution >= 0.6 is 11.3 Å². The summed E-state index contributed by atoms with van der Waals surface area (Å²) in [4.78, 5) is 26.6. The molecule has 0 aliphatic rings. The molecule has 6 heteroatoms. The second-order valence-electron chi connectivity index (χ2n) is 3.87. The van der Waals surface area contributed by atoms with Crippen LogP contribution in [0.4, 0.5) is 5.13 Å². The van der Waals surface area contributed by atoms with E-state index in [1.165, 1.54) is 18.4 Å². The van der Waals surface area contributed by atoms with Crippen molar-refractivity contribution in [2.75, 3.05) is 12.4 Å². The second kappa shape index (κ2) is 7.81. The van der Waals surface area contributed by atoms with Gasteiger partial charge in [0.1, 0.15) is 0 Å². The highest BCUT2D eigenvalue weighted by Gasteiger charge is 2.07. The zero-order chi connectivity index (χ0) is 13.4. The Hall–Kier alpha value is -1.43. The van der Waals surface area contributed by atoms with Crippen LogP contribution < -0.4 is 5.32 Å². The Morgan fingerprint density at radius 3 is 2.89 bits per heavy atom. The molecule has 0 fully saturated rings. The molecule has 100 valence electrons. The van der Waals surface area contributed by atoms with Crippen molar-refractivity contribution in [1.29, 1.82) is 0 Å². The number of methoxy groups -OCH3 is 1. The van der Waals surface area contributed by atoms with Crippen LogP contribution in [0, 0.1) is 0 Å². The summed E-state index contributed by atoms with van der Waals surface area (Å²) in [5.74, 6) is -0.213. The molecule has 0 saturated heterocycles. The minimum absolute atomic E-state index is 0.00652. The molecule has 0 unspecified atom stereocenters. The summed E-state index contributed by atoms with van der Waals surface area (Å²) in [6.07, 6.45) is 3.15. The van der Waals surface area contributed by atoms with E-state index in [0.717, 1.165) is 18.5 Å². The molecular formula is C12H18N2O3S. The van der Waals surface area contributed by atoms with E-state index >= 15 is 0 Å². The van der Waals surface area contributed by atoms with E-state index in [1.807, 2.05) is 12.3 Å². The van der Waals surface area contributed by atoms with Crippen molar-refractivity contribution in [2.45, 2.75) is 39.0 Å². The number of thiazole rings is 1. The summed E-state index contributed by atoms with van der Waals surface area (Å²) in [7, 11) is 1.38. The topological polar surface area (TPSA) is 68.3 Å². The molecule has 1 amide bonds. The molecule has 0 bridgehead atoms. The molecule has 5 nitrogen and oxygen atoms in total. The summed E-state index contributed by atoms with van der Waals surface area (Å²) in [5, 5.41) is 5.28. The molecule has 0 aromatic carbocycles. The number of ether oxygens (including phenoxy) is 1. The molecule has 1 aromatic rings. The van der Waals surface area contributed by atoms with Crippen molar-refractivity contribution < 1.29 is 14.3 Å². The molecule has 0 saturated carbocycles. The number of aromatic nitrogens is 1. The maximum atomic E-state index is 11.4. The van der Waals surface area contributed by atoms with Gasteiger partial charge in [-0.25, -0.2) is 4.98 Å². The average Bonchev–Trinajstić information content (AvgIpc) is 2.76. The van der Waals surface area contributed by atoms with Crippen LogP contribution in [0.2, 0.25) is 0 Å². The molecule has 1 rings (SSSR count). The van der Waals surface area contributed by atoms with Crippen molar-refractivity contribution in [3.05, 3.63) is 11.1 Å².